The minimum atomic E-state index is 0.185. The molecule has 2 rings (SSSR count). The molecule has 0 radical (unpaired) electrons. The number of hydrogen-bond acceptors (Lipinski definition) is 5. The SMILES string of the molecule is O=COc1ccc(/N=N/c2ccc(O)cc2)cc1. The zero-order chi connectivity index (χ0) is 12.8. The van der Waals surface area contributed by atoms with E-state index in [1.54, 1.807) is 36.4 Å². The average Bonchev–Trinajstić information content (AvgIpc) is 2.40. The minimum absolute atomic E-state index is 0.185. The zero-order valence-electron chi connectivity index (χ0n) is 9.35. The summed E-state index contributed by atoms with van der Waals surface area (Å²) >= 11 is 0. The molecule has 0 heterocycles. The molecule has 0 aliphatic carbocycles. The van der Waals surface area contributed by atoms with Gasteiger partial charge in [0.25, 0.3) is 6.47 Å². The van der Waals surface area contributed by atoms with Crippen molar-refractivity contribution in [1.29, 1.82) is 0 Å². The van der Waals surface area contributed by atoms with Crippen molar-refractivity contribution in [3.05, 3.63) is 48.5 Å². The summed E-state index contributed by atoms with van der Waals surface area (Å²) < 4.78 is 4.66. The van der Waals surface area contributed by atoms with E-state index in [1.807, 2.05) is 0 Å². The molecule has 0 bridgehead atoms. The highest BCUT2D eigenvalue weighted by Gasteiger charge is 1.94. The van der Waals surface area contributed by atoms with Gasteiger partial charge in [-0.1, -0.05) is 0 Å². The number of nitrogens with zero attached hydrogens (tertiary/aromatic N) is 2. The van der Waals surface area contributed by atoms with Gasteiger partial charge in [-0.15, -0.1) is 0 Å². The first-order chi connectivity index (χ1) is 8.78. The van der Waals surface area contributed by atoms with Gasteiger partial charge in [0, 0.05) is 0 Å². The molecule has 18 heavy (non-hydrogen) atoms. The van der Waals surface area contributed by atoms with Crippen LogP contribution in [0, 0.1) is 0 Å². The van der Waals surface area contributed by atoms with E-state index in [-0.39, 0.29) is 5.75 Å². The number of hydrogen-bond donors (Lipinski definition) is 1. The predicted octanol–water partition coefficient (Wildman–Crippen LogP) is 3.34. The summed E-state index contributed by atoms with van der Waals surface area (Å²) in [7, 11) is 0. The smallest absolute Gasteiger partial charge is 0.298 e. The van der Waals surface area contributed by atoms with Gasteiger partial charge in [-0.2, -0.15) is 10.2 Å². The summed E-state index contributed by atoms with van der Waals surface area (Å²) in [4.78, 5) is 10.1. The third-order valence-electron chi connectivity index (χ3n) is 2.15. The van der Waals surface area contributed by atoms with E-state index >= 15 is 0 Å². The van der Waals surface area contributed by atoms with Crippen LogP contribution < -0.4 is 4.74 Å². The molecule has 0 aliphatic heterocycles. The normalized spacial score (nSPS) is 10.4. The van der Waals surface area contributed by atoms with Gasteiger partial charge in [-0.25, -0.2) is 0 Å². The van der Waals surface area contributed by atoms with Gasteiger partial charge in [0.1, 0.15) is 11.5 Å². The molecule has 0 saturated carbocycles. The molecule has 5 nitrogen and oxygen atoms in total. The minimum Gasteiger partial charge on any atom is -0.508 e. The van der Waals surface area contributed by atoms with Crippen LogP contribution in [0.1, 0.15) is 0 Å². The van der Waals surface area contributed by atoms with E-state index in [9.17, 15) is 4.79 Å². The Morgan fingerprint density at radius 2 is 1.39 bits per heavy atom. The van der Waals surface area contributed by atoms with E-state index in [0.717, 1.165) is 0 Å². The topological polar surface area (TPSA) is 71.2 Å². The fourth-order valence-electron chi connectivity index (χ4n) is 1.28. The molecule has 0 aromatic heterocycles. The van der Waals surface area contributed by atoms with Crippen molar-refractivity contribution in [2.45, 2.75) is 0 Å². The van der Waals surface area contributed by atoms with Crippen LogP contribution in [0.15, 0.2) is 58.8 Å². The molecule has 2 aromatic carbocycles. The molecule has 5 heteroatoms. The van der Waals surface area contributed by atoms with Crippen molar-refractivity contribution in [3.8, 4) is 11.5 Å². The third-order valence-corrected chi connectivity index (χ3v) is 2.15. The molecule has 2 aromatic rings. The van der Waals surface area contributed by atoms with Gasteiger partial charge in [0.15, 0.2) is 0 Å². The van der Waals surface area contributed by atoms with Crippen LogP contribution in [0.3, 0.4) is 0 Å². The zero-order valence-corrected chi connectivity index (χ0v) is 9.35. The van der Waals surface area contributed by atoms with Crippen LogP contribution >= 0.6 is 0 Å². The van der Waals surface area contributed by atoms with Gasteiger partial charge >= 0.3 is 0 Å². The summed E-state index contributed by atoms with van der Waals surface area (Å²) in [5.74, 6) is 0.637. The predicted molar refractivity (Wildman–Crippen MR) is 65.4 cm³/mol. The Hall–Kier alpha value is -2.69. The molecule has 1 N–H and O–H groups in total. The molecule has 90 valence electrons. The maximum Gasteiger partial charge on any atom is 0.298 e. The lowest BCUT2D eigenvalue weighted by Crippen LogP contribution is -1.86. The van der Waals surface area contributed by atoms with Crippen LogP contribution in [-0.4, -0.2) is 11.6 Å². The van der Waals surface area contributed by atoms with Crippen molar-refractivity contribution < 1.29 is 14.6 Å². The maximum absolute atomic E-state index is 10.1. The van der Waals surface area contributed by atoms with Crippen molar-refractivity contribution in [2.75, 3.05) is 0 Å². The Kier molecular flexibility index (Phi) is 3.66. The lowest BCUT2D eigenvalue weighted by atomic mass is 10.3. The fraction of sp³-hybridized carbons (Fsp3) is 0. The summed E-state index contributed by atoms with van der Waals surface area (Å²) in [6, 6.07) is 13.0. The second kappa shape index (κ2) is 5.58. The lowest BCUT2D eigenvalue weighted by molar-refractivity contribution is -0.120. The Balaban J connectivity index is 2.08. The molecular formula is C13H10N2O3. The lowest BCUT2D eigenvalue weighted by Gasteiger charge is -1.97. The third kappa shape index (κ3) is 3.15. The number of azo groups is 1. The summed E-state index contributed by atoms with van der Waals surface area (Å²) in [5, 5.41) is 17.1. The van der Waals surface area contributed by atoms with Crippen LogP contribution in [0.2, 0.25) is 0 Å². The molecule has 0 amide bonds. The summed E-state index contributed by atoms with van der Waals surface area (Å²) in [5.41, 5.74) is 1.28. The first-order valence-corrected chi connectivity index (χ1v) is 5.19. The van der Waals surface area contributed by atoms with Crippen LogP contribution in [0.4, 0.5) is 11.4 Å². The van der Waals surface area contributed by atoms with Crippen molar-refractivity contribution >= 4 is 17.8 Å². The Labute approximate surface area is 103 Å². The second-order valence-corrected chi connectivity index (χ2v) is 3.42. The number of benzene rings is 2. The van der Waals surface area contributed by atoms with Crippen LogP contribution in [0.25, 0.3) is 0 Å². The van der Waals surface area contributed by atoms with Crippen LogP contribution in [0.5, 0.6) is 11.5 Å². The molecule has 0 spiro atoms. The van der Waals surface area contributed by atoms with Crippen molar-refractivity contribution in [2.24, 2.45) is 10.2 Å². The summed E-state index contributed by atoms with van der Waals surface area (Å²) in [6.45, 7) is 0.368. The van der Waals surface area contributed by atoms with Gasteiger partial charge in [-0.05, 0) is 48.5 Å². The standard InChI is InChI=1S/C13H10N2O3/c16-9-18-13-7-3-11(4-8-13)15-14-10-1-5-12(17)6-2-10/h1-9,17H/b15-14+. The number of phenols is 1. The Morgan fingerprint density at radius 1 is 0.889 bits per heavy atom. The molecular weight excluding hydrogens is 232 g/mol. The van der Waals surface area contributed by atoms with E-state index in [0.29, 0.717) is 23.6 Å². The number of aromatic hydroxyl groups is 1. The maximum atomic E-state index is 10.1. The van der Waals surface area contributed by atoms with Gasteiger partial charge in [0.2, 0.25) is 0 Å². The second-order valence-electron chi connectivity index (χ2n) is 3.42. The van der Waals surface area contributed by atoms with E-state index in [1.165, 1.54) is 12.1 Å². The summed E-state index contributed by atoms with van der Waals surface area (Å²) in [6.07, 6.45) is 0. The highest BCUT2D eigenvalue weighted by molar-refractivity contribution is 5.48. The number of phenolic OH excluding ortho intramolecular Hbond substituents is 1. The molecule has 0 fully saturated rings. The van der Waals surface area contributed by atoms with E-state index in [2.05, 4.69) is 15.0 Å². The van der Waals surface area contributed by atoms with Gasteiger partial charge in [-0.3, -0.25) is 4.79 Å². The highest BCUT2D eigenvalue weighted by Crippen LogP contribution is 2.22. The fourth-order valence-corrected chi connectivity index (χ4v) is 1.28. The largest absolute Gasteiger partial charge is 0.508 e. The molecule has 0 unspecified atom stereocenters. The van der Waals surface area contributed by atoms with Crippen molar-refractivity contribution in [1.82, 2.24) is 0 Å². The first-order valence-electron chi connectivity index (χ1n) is 5.19. The average molecular weight is 242 g/mol. The Morgan fingerprint density at radius 3 is 1.89 bits per heavy atom. The van der Waals surface area contributed by atoms with Gasteiger partial charge in [0.05, 0.1) is 11.4 Å². The Bertz CT molecular complexity index is 547. The molecule has 0 aliphatic rings. The number of carbonyl (C=O) groups excluding carboxylic acids is 1. The van der Waals surface area contributed by atoms with E-state index in [4.69, 9.17) is 5.11 Å². The van der Waals surface area contributed by atoms with Crippen LogP contribution in [-0.2, 0) is 4.79 Å². The quantitative estimate of drug-likeness (QED) is 0.660. The number of carbonyl (C=O) groups is 1. The first kappa shape index (κ1) is 11.8. The monoisotopic (exact) mass is 242 g/mol. The van der Waals surface area contributed by atoms with Crippen molar-refractivity contribution in [3.63, 3.8) is 0 Å². The van der Waals surface area contributed by atoms with Gasteiger partial charge < -0.3 is 9.84 Å². The highest BCUT2D eigenvalue weighted by atomic mass is 16.5. The number of ether oxygens (including phenoxy) is 1. The molecule has 0 saturated heterocycles. The van der Waals surface area contributed by atoms with E-state index < -0.39 is 0 Å². The number of rotatable bonds is 4. The molecule has 0 atom stereocenters.